The number of halogens is 1. The number of nitrogens with one attached hydrogen (secondary N) is 1. The third-order valence-corrected chi connectivity index (χ3v) is 6.68. The summed E-state index contributed by atoms with van der Waals surface area (Å²) in [6, 6.07) is 16.6. The number of hydrogen-bond acceptors (Lipinski definition) is 5. The zero-order valence-corrected chi connectivity index (χ0v) is 19.6. The Bertz CT molecular complexity index is 1500. The lowest BCUT2D eigenvalue weighted by atomic mass is 10.2. The number of unbranched alkanes of at least 4 members (excludes halogenated alkanes) is 1. The molecule has 9 heteroatoms. The van der Waals surface area contributed by atoms with Crippen molar-refractivity contribution in [2.24, 2.45) is 0 Å². The summed E-state index contributed by atoms with van der Waals surface area (Å²) in [6.45, 7) is 4.25. The lowest BCUT2D eigenvalue weighted by Crippen LogP contribution is -2.22. The van der Waals surface area contributed by atoms with Gasteiger partial charge in [0.25, 0.3) is 15.6 Å². The van der Waals surface area contributed by atoms with E-state index in [9.17, 15) is 17.6 Å². The first-order chi connectivity index (χ1) is 16.3. The molecule has 0 unspecified atom stereocenters. The van der Waals surface area contributed by atoms with Gasteiger partial charge < -0.3 is 4.74 Å². The zero-order valence-electron chi connectivity index (χ0n) is 18.8. The van der Waals surface area contributed by atoms with Crippen LogP contribution in [0.2, 0.25) is 0 Å². The largest absolute Gasteiger partial charge is 0.494 e. The fraction of sp³-hybridized carbons (Fsp3) is 0.200. The summed E-state index contributed by atoms with van der Waals surface area (Å²) in [7, 11) is -4.08. The van der Waals surface area contributed by atoms with Gasteiger partial charge in [-0.15, -0.1) is 0 Å². The molecule has 0 fully saturated rings. The van der Waals surface area contributed by atoms with Gasteiger partial charge in [-0.25, -0.2) is 17.8 Å². The standard InChI is InChI=1S/C25H24FN3O4S/c1-3-4-15-33-19-10-12-20(13-11-19)34(31,32)28-24-16-18(9-14-22(24)26)29-17(2)27-23-8-6-5-7-21(23)25(29)30/h5-14,16,28H,3-4,15H2,1-2H3. The molecule has 1 heterocycles. The molecule has 0 amide bonds. The monoisotopic (exact) mass is 481 g/mol. The van der Waals surface area contributed by atoms with Crippen molar-refractivity contribution in [3.63, 3.8) is 0 Å². The minimum Gasteiger partial charge on any atom is -0.494 e. The molecule has 0 aliphatic rings. The molecule has 0 atom stereocenters. The fourth-order valence-electron chi connectivity index (χ4n) is 3.53. The van der Waals surface area contributed by atoms with E-state index in [1.807, 2.05) is 6.92 Å². The number of nitrogens with zero attached hydrogens (tertiary/aromatic N) is 2. The molecule has 1 aromatic heterocycles. The minimum absolute atomic E-state index is 0.0409. The molecule has 0 saturated carbocycles. The smallest absolute Gasteiger partial charge is 0.265 e. The lowest BCUT2D eigenvalue weighted by molar-refractivity contribution is 0.309. The molecule has 0 bridgehead atoms. The first-order valence-corrected chi connectivity index (χ1v) is 12.3. The first-order valence-electron chi connectivity index (χ1n) is 10.8. The molecule has 0 saturated heterocycles. The maximum absolute atomic E-state index is 14.6. The average molecular weight is 482 g/mol. The summed E-state index contributed by atoms with van der Waals surface area (Å²) in [5, 5.41) is 0.404. The molecule has 1 N–H and O–H groups in total. The highest BCUT2D eigenvalue weighted by Crippen LogP contribution is 2.24. The van der Waals surface area contributed by atoms with Crippen LogP contribution in [0, 0.1) is 12.7 Å². The van der Waals surface area contributed by atoms with Crippen LogP contribution < -0.4 is 15.0 Å². The van der Waals surface area contributed by atoms with Crippen molar-refractivity contribution in [2.45, 2.75) is 31.6 Å². The van der Waals surface area contributed by atoms with Gasteiger partial charge in [-0.2, -0.15) is 0 Å². The number of benzene rings is 3. The number of anilines is 1. The van der Waals surface area contributed by atoms with Crippen LogP contribution in [0.15, 0.2) is 76.4 Å². The molecule has 0 aliphatic heterocycles. The second-order valence-electron chi connectivity index (χ2n) is 7.76. The Morgan fingerprint density at radius 2 is 1.79 bits per heavy atom. The summed E-state index contributed by atoms with van der Waals surface area (Å²) in [5.74, 6) is 0.174. The highest BCUT2D eigenvalue weighted by molar-refractivity contribution is 7.92. The molecule has 7 nitrogen and oxygen atoms in total. The van der Waals surface area contributed by atoms with Crippen LogP contribution in [0.5, 0.6) is 5.75 Å². The predicted molar refractivity (Wildman–Crippen MR) is 130 cm³/mol. The number of rotatable bonds is 8. The van der Waals surface area contributed by atoms with E-state index in [2.05, 4.69) is 9.71 Å². The van der Waals surface area contributed by atoms with E-state index < -0.39 is 15.8 Å². The quantitative estimate of drug-likeness (QED) is 0.365. The van der Waals surface area contributed by atoms with Crippen molar-refractivity contribution in [2.75, 3.05) is 11.3 Å². The summed E-state index contributed by atoms with van der Waals surface area (Å²) < 4.78 is 49.5. The normalized spacial score (nSPS) is 11.5. The van der Waals surface area contributed by atoms with Crippen LogP contribution >= 0.6 is 0 Å². The summed E-state index contributed by atoms with van der Waals surface area (Å²) in [4.78, 5) is 17.5. The van der Waals surface area contributed by atoms with Gasteiger partial charge in [0, 0.05) is 0 Å². The van der Waals surface area contributed by atoms with Crippen LogP contribution in [0.3, 0.4) is 0 Å². The Hall–Kier alpha value is -3.72. The van der Waals surface area contributed by atoms with Gasteiger partial charge in [0.1, 0.15) is 17.4 Å². The van der Waals surface area contributed by atoms with Gasteiger partial charge in [0.15, 0.2) is 0 Å². The van der Waals surface area contributed by atoms with Crippen molar-refractivity contribution >= 4 is 26.6 Å². The summed E-state index contributed by atoms with van der Waals surface area (Å²) in [6.07, 6.45) is 1.88. The van der Waals surface area contributed by atoms with Crippen LogP contribution in [0.4, 0.5) is 10.1 Å². The Morgan fingerprint density at radius 3 is 2.53 bits per heavy atom. The maximum atomic E-state index is 14.6. The Kier molecular flexibility index (Phi) is 6.65. The van der Waals surface area contributed by atoms with Crippen molar-refractivity contribution in [3.8, 4) is 11.4 Å². The molecule has 0 spiro atoms. The van der Waals surface area contributed by atoms with E-state index in [1.54, 1.807) is 43.3 Å². The van der Waals surface area contributed by atoms with E-state index in [0.717, 1.165) is 18.9 Å². The van der Waals surface area contributed by atoms with Gasteiger partial charge in [-0.1, -0.05) is 25.5 Å². The molecule has 3 aromatic carbocycles. The topological polar surface area (TPSA) is 90.3 Å². The van der Waals surface area contributed by atoms with Gasteiger partial charge in [0.05, 0.1) is 33.8 Å². The summed E-state index contributed by atoms with van der Waals surface area (Å²) in [5.41, 5.74) is 0.230. The van der Waals surface area contributed by atoms with E-state index in [4.69, 9.17) is 4.74 Å². The lowest BCUT2D eigenvalue weighted by Gasteiger charge is -2.14. The Balaban J connectivity index is 1.66. The molecule has 4 aromatic rings. The number of para-hydroxylation sites is 1. The molecule has 34 heavy (non-hydrogen) atoms. The van der Waals surface area contributed by atoms with Crippen molar-refractivity contribution < 1.29 is 17.5 Å². The van der Waals surface area contributed by atoms with Crippen LogP contribution in [0.25, 0.3) is 16.6 Å². The van der Waals surface area contributed by atoms with Gasteiger partial charge >= 0.3 is 0 Å². The third-order valence-electron chi connectivity index (χ3n) is 5.30. The van der Waals surface area contributed by atoms with E-state index >= 15 is 0 Å². The SMILES string of the molecule is CCCCOc1ccc(S(=O)(=O)Nc2cc(-n3c(C)nc4ccccc4c3=O)ccc2F)cc1. The van der Waals surface area contributed by atoms with Crippen LogP contribution in [-0.2, 0) is 10.0 Å². The van der Waals surface area contributed by atoms with Gasteiger partial charge in [-0.05, 0) is 67.9 Å². The fourth-order valence-corrected chi connectivity index (χ4v) is 4.59. The predicted octanol–water partition coefficient (Wildman–Crippen LogP) is 4.81. The molecule has 0 aliphatic carbocycles. The van der Waals surface area contributed by atoms with E-state index in [0.29, 0.717) is 34.8 Å². The molecule has 4 rings (SSSR count). The number of aryl methyl sites for hydroxylation is 1. The molecule has 0 radical (unpaired) electrons. The van der Waals surface area contributed by atoms with Crippen molar-refractivity contribution in [3.05, 3.63) is 88.7 Å². The van der Waals surface area contributed by atoms with Gasteiger partial charge in [-0.3, -0.25) is 14.1 Å². The van der Waals surface area contributed by atoms with Crippen LogP contribution in [0.1, 0.15) is 25.6 Å². The third kappa shape index (κ3) is 4.79. The Labute approximate surface area is 196 Å². The highest BCUT2D eigenvalue weighted by atomic mass is 32.2. The highest BCUT2D eigenvalue weighted by Gasteiger charge is 2.18. The second-order valence-corrected chi connectivity index (χ2v) is 9.44. The number of fused-ring (bicyclic) bond motifs is 1. The van der Waals surface area contributed by atoms with E-state index in [1.165, 1.54) is 28.8 Å². The minimum atomic E-state index is -4.08. The van der Waals surface area contributed by atoms with Crippen molar-refractivity contribution in [1.82, 2.24) is 9.55 Å². The second kappa shape index (κ2) is 9.64. The number of sulfonamides is 1. The van der Waals surface area contributed by atoms with E-state index in [-0.39, 0.29) is 16.1 Å². The first kappa shape index (κ1) is 23.4. The Morgan fingerprint density at radius 1 is 1.06 bits per heavy atom. The zero-order chi connectivity index (χ0) is 24.3. The number of hydrogen-bond donors (Lipinski definition) is 1. The molecule has 176 valence electrons. The number of aromatic nitrogens is 2. The number of ether oxygens (including phenoxy) is 1. The average Bonchev–Trinajstić information content (AvgIpc) is 2.81. The van der Waals surface area contributed by atoms with Gasteiger partial charge in [0.2, 0.25) is 0 Å². The molecular formula is C25H24FN3O4S. The summed E-state index contributed by atoms with van der Waals surface area (Å²) >= 11 is 0. The van der Waals surface area contributed by atoms with Crippen LogP contribution in [-0.4, -0.2) is 24.6 Å². The maximum Gasteiger partial charge on any atom is 0.265 e. The molecular weight excluding hydrogens is 457 g/mol. The van der Waals surface area contributed by atoms with Crippen molar-refractivity contribution in [1.29, 1.82) is 0 Å².